The Labute approximate surface area is 300 Å². The van der Waals surface area contributed by atoms with Crippen LogP contribution in [0.2, 0.25) is 0 Å². The third kappa shape index (κ3) is 9.81. The lowest BCUT2D eigenvalue weighted by molar-refractivity contribution is -0.142. The number of nitrogens with one attached hydrogen (secondary N) is 2. The average Bonchev–Trinajstić information content (AvgIpc) is 3.74. The number of alkyl halides is 1. The van der Waals surface area contributed by atoms with Gasteiger partial charge < -0.3 is 34.2 Å². The zero-order valence-electron chi connectivity index (χ0n) is 31.0. The van der Waals surface area contributed by atoms with Crippen LogP contribution in [0.15, 0.2) is 28.7 Å². The normalized spacial score (nSPS) is 26.2. The number of methoxy groups -OCH3 is 1. The summed E-state index contributed by atoms with van der Waals surface area (Å²) in [5.74, 6) is -0.594. The highest BCUT2D eigenvalue weighted by Crippen LogP contribution is 2.42. The molecule has 282 valence electrons. The monoisotopic (exact) mass is 713 g/mol. The molecule has 2 heterocycles. The number of hydrogen-bond acceptors (Lipinski definition) is 8. The van der Waals surface area contributed by atoms with E-state index in [1.165, 1.54) is 0 Å². The molecule has 1 aliphatic heterocycles. The van der Waals surface area contributed by atoms with Gasteiger partial charge in [-0.2, -0.15) is 0 Å². The number of hydrogen-bond donors (Lipinski definition) is 2. The number of anilines is 1. The van der Waals surface area contributed by atoms with Crippen LogP contribution in [0.1, 0.15) is 103 Å². The highest BCUT2D eigenvalue weighted by molar-refractivity contribution is 6.00. The number of likely N-dealkylation sites (tertiary alicyclic amines) is 1. The average molecular weight is 714 g/mol. The predicted molar refractivity (Wildman–Crippen MR) is 191 cm³/mol. The molecule has 12 heteroatoms. The molecule has 2 saturated carbocycles. The molecule has 0 radical (unpaired) electrons. The van der Waals surface area contributed by atoms with E-state index in [1.807, 2.05) is 13.8 Å². The van der Waals surface area contributed by atoms with E-state index in [0.717, 1.165) is 32.1 Å². The Kier molecular flexibility index (Phi) is 12.7. The molecule has 2 N–H and O–H groups in total. The van der Waals surface area contributed by atoms with Crippen LogP contribution in [0.3, 0.4) is 0 Å². The Morgan fingerprint density at radius 2 is 1.69 bits per heavy atom. The van der Waals surface area contributed by atoms with Crippen molar-refractivity contribution < 1.29 is 42.2 Å². The fourth-order valence-electron chi connectivity index (χ4n) is 8.14. The van der Waals surface area contributed by atoms with Crippen molar-refractivity contribution in [2.75, 3.05) is 32.3 Å². The van der Waals surface area contributed by atoms with Crippen LogP contribution < -0.4 is 10.6 Å². The fourth-order valence-corrected chi connectivity index (χ4v) is 8.14. The summed E-state index contributed by atoms with van der Waals surface area (Å²) in [6.07, 6.45) is 6.35. The second kappa shape index (κ2) is 16.8. The number of carbonyl (C=O) groups is 4. The van der Waals surface area contributed by atoms with E-state index >= 15 is 0 Å². The predicted octanol–water partition coefficient (Wildman–Crippen LogP) is 7.28. The Balaban J connectivity index is 1.28. The summed E-state index contributed by atoms with van der Waals surface area (Å²) in [6.45, 7) is 9.27. The van der Waals surface area contributed by atoms with Gasteiger partial charge in [0.25, 0.3) is 0 Å². The standard InChI is InChI=1S/C39H56FN3O8/c1-23(2)22-49-37(46)33-20-27-19-28(13-16-32(27)50-33)41-35(44)34-30(24-11-14-29(48-6)15-12-24)17-18-43(34)36(45)26-9-7-25(8-10-26)31(21-40)42-38(47)51-39(3,4)5/h13,16,19-20,23-26,29-31,34H,7-12,14-15,17-18,21-22H2,1-6H3,(H,41,44)(H,42,47)/t24?,25?,26?,29?,30-,31+,34+/m0/s1. The second-order valence-corrected chi connectivity index (χ2v) is 16.1. The van der Waals surface area contributed by atoms with Crippen molar-refractivity contribution in [1.29, 1.82) is 0 Å². The number of ether oxygens (including phenoxy) is 3. The lowest BCUT2D eigenvalue weighted by atomic mass is 9.75. The van der Waals surface area contributed by atoms with Gasteiger partial charge in [-0.1, -0.05) is 13.8 Å². The lowest BCUT2D eigenvalue weighted by Crippen LogP contribution is -2.50. The lowest BCUT2D eigenvalue weighted by Gasteiger charge is -2.38. The van der Waals surface area contributed by atoms with Crippen molar-refractivity contribution in [1.82, 2.24) is 10.2 Å². The van der Waals surface area contributed by atoms with Crippen molar-refractivity contribution >= 4 is 40.5 Å². The van der Waals surface area contributed by atoms with Crippen LogP contribution in [0.5, 0.6) is 0 Å². The first-order valence-electron chi connectivity index (χ1n) is 18.7. The number of amides is 3. The molecule has 2 aliphatic carbocycles. The Hall–Kier alpha value is -3.67. The minimum Gasteiger partial charge on any atom is -0.460 e. The Bertz CT molecular complexity index is 1520. The number of nitrogens with zero attached hydrogens (tertiary/aromatic N) is 1. The molecule has 3 fully saturated rings. The van der Waals surface area contributed by atoms with E-state index in [0.29, 0.717) is 54.8 Å². The summed E-state index contributed by atoms with van der Waals surface area (Å²) in [6, 6.07) is 5.52. The van der Waals surface area contributed by atoms with Crippen LogP contribution in [0.4, 0.5) is 14.9 Å². The molecular weight excluding hydrogens is 657 g/mol. The Morgan fingerprint density at radius 3 is 2.31 bits per heavy atom. The molecular formula is C39H56FN3O8. The van der Waals surface area contributed by atoms with Crippen LogP contribution in [-0.2, 0) is 23.8 Å². The maximum atomic E-state index is 14.2. The molecule has 0 spiro atoms. The molecule has 5 rings (SSSR count). The minimum absolute atomic E-state index is 0.0111. The van der Waals surface area contributed by atoms with Crippen LogP contribution in [0.25, 0.3) is 11.0 Å². The third-order valence-electron chi connectivity index (χ3n) is 10.7. The fraction of sp³-hybridized carbons (Fsp3) is 0.692. The van der Waals surface area contributed by atoms with Crippen molar-refractivity contribution in [2.24, 2.45) is 29.6 Å². The zero-order valence-corrected chi connectivity index (χ0v) is 31.0. The maximum Gasteiger partial charge on any atom is 0.407 e. The molecule has 51 heavy (non-hydrogen) atoms. The molecule has 3 atom stereocenters. The van der Waals surface area contributed by atoms with E-state index in [9.17, 15) is 23.6 Å². The van der Waals surface area contributed by atoms with Crippen molar-refractivity contribution in [3.8, 4) is 0 Å². The van der Waals surface area contributed by atoms with Gasteiger partial charge in [-0.15, -0.1) is 0 Å². The molecule has 1 aromatic heterocycles. The summed E-state index contributed by atoms with van der Waals surface area (Å²) in [5.41, 5.74) is 0.362. The van der Waals surface area contributed by atoms with Gasteiger partial charge in [0.2, 0.25) is 17.6 Å². The molecule has 2 aromatic rings. The van der Waals surface area contributed by atoms with Crippen molar-refractivity contribution in [2.45, 2.75) is 116 Å². The van der Waals surface area contributed by atoms with Crippen LogP contribution >= 0.6 is 0 Å². The van der Waals surface area contributed by atoms with Crippen molar-refractivity contribution in [3.63, 3.8) is 0 Å². The first kappa shape index (κ1) is 38.6. The van der Waals surface area contributed by atoms with Crippen molar-refractivity contribution in [3.05, 3.63) is 30.0 Å². The molecule has 11 nitrogen and oxygen atoms in total. The van der Waals surface area contributed by atoms with Gasteiger partial charge in [0, 0.05) is 30.6 Å². The first-order valence-corrected chi connectivity index (χ1v) is 18.7. The molecule has 1 saturated heterocycles. The summed E-state index contributed by atoms with van der Waals surface area (Å²) < 4.78 is 36.1. The zero-order chi connectivity index (χ0) is 36.9. The summed E-state index contributed by atoms with van der Waals surface area (Å²) in [4.78, 5) is 55.1. The smallest absolute Gasteiger partial charge is 0.407 e. The van der Waals surface area contributed by atoms with Gasteiger partial charge in [-0.05, 0) is 126 Å². The van der Waals surface area contributed by atoms with Gasteiger partial charge in [0.1, 0.15) is 23.9 Å². The van der Waals surface area contributed by atoms with Crippen LogP contribution in [-0.4, -0.2) is 79.5 Å². The summed E-state index contributed by atoms with van der Waals surface area (Å²) in [5, 5.41) is 6.43. The topological polar surface area (TPSA) is 136 Å². The van der Waals surface area contributed by atoms with Gasteiger partial charge in [0.15, 0.2) is 0 Å². The molecule has 1 aromatic carbocycles. The number of rotatable bonds is 11. The number of carbonyl (C=O) groups excluding carboxylic acids is 4. The molecule has 3 aliphatic rings. The van der Waals surface area contributed by atoms with Gasteiger partial charge >= 0.3 is 12.1 Å². The quantitative estimate of drug-likeness (QED) is 0.232. The largest absolute Gasteiger partial charge is 0.460 e. The van der Waals surface area contributed by atoms with Gasteiger partial charge in [0.05, 0.1) is 18.8 Å². The van der Waals surface area contributed by atoms with E-state index < -0.39 is 36.4 Å². The minimum atomic E-state index is -0.710. The number of furan rings is 1. The van der Waals surface area contributed by atoms with Crippen LogP contribution in [0, 0.1) is 29.6 Å². The van der Waals surface area contributed by atoms with E-state index in [4.69, 9.17) is 18.6 Å². The summed E-state index contributed by atoms with van der Waals surface area (Å²) in [7, 11) is 1.74. The maximum absolute atomic E-state index is 14.2. The first-order chi connectivity index (χ1) is 24.3. The number of halogens is 1. The third-order valence-corrected chi connectivity index (χ3v) is 10.7. The second-order valence-electron chi connectivity index (χ2n) is 16.1. The van der Waals surface area contributed by atoms with E-state index in [-0.39, 0.29) is 54.0 Å². The van der Waals surface area contributed by atoms with E-state index in [2.05, 4.69) is 10.6 Å². The Morgan fingerprint density at radius 1 is 0.980 bits per heavy atom. The number of alkyl carbamates (subject to hydrolysis) is 1. The van der Waals surface area contributed by atoms with Gasteiger partial charge in [-0.3, -0.25) is 9.59 Å². The summed E-state index contributed by atoms with van der Waals surface area (Å²) >= 11 is 0. The number of esters is 1. The van der Waals surface area contributed by atoms with Gasteiger partial charge in [-0.25, -0.2) is 14.0 Å². The highest BCUT2D eigenvalue weighted by Gasteiger charge is 2.47. The molecule has 0 unspecified atom stereocenters. The molecule has 0 bridgehead atoms. The number of benzene rings is 1. The highest BCUT2D eigenvalue weighted by atomic mass is 19.1. The number of fused-ring (bicyclic) bond motifs is 1. The SMILES string of the molecule is COC1CCC([C@@H]2CCN(C(=O)C3CCC([C@@H](CF)NC(=O)OC(C)(C)C)CC3)[C@H]2C(=O)Nc2ccc3oc(C(=O)OCC(C)C)cc3c2)CC1. The van der Waals surface area contributed by atoms with E-state index in [1.54, 1.807) is 57.0 Å². The molecule has 3 amide bonds.